The molecule has 2 nitrogen and oxygen atoms in total. The Bertz CT molecular complexity index is 737. The minimum atomic E-state index is -0.404. The molecule has 0 aliphatic carbocycles. The lowest BCUT2D eigenvalue weighted by molar-refractivity contribution is 0.619. The molecule has 0 radical (unpaired) electrons. The Morgan fingerprint density at radius 2 is 1.78 bits per heavy atom. The standard InChI is InChI=1S/C13H7ClF2N2/c14-11-5-8(15)1-3-10(11)12-7-18-6-9(16)2-4-13(18)17-12/h1-7H. The fraction of sp³-hybridized carbons (Fsp3) is 0. The van der Waals surface area contributed by atoms with Crippen LogP contribution in [0.25, 0.3) is 16.9 Å². The van der Waals surface area contributed by atoms with Gasteiger partial charge in [-0.3, -0.25) is 0 Å². The van der Waals surface area contributed by atoms with Crippen LogP contribution in [-0.4, -0.2) is 9.38 Å². The number of benzene rings is 1. The second-order valence-electron chi connectivity index (χ2n) is 3.86. The molecule has 0 saturated heterocycles. The van der Waals surface area contributed by atoms with Crippen molar-refractivity contribution in [3.63, 3.8) is 0 Å². The molecule has 1 aromatic carbocycles. The van der Waals surface area contributed by atoms with E-state index in [1.807, 2.05) is 0 Å². The SMILES string of the molecule is Fc1ccc(-c2cn3cc(F)ccc3n2)c(Cl)c1. The normalized spacial score (nSPS) is 11.1. The van der Waals surface area contributed by atoms with Gasteiger partial charge in [-0.1, -0.05) is 11.6 Å². The van der Waals surface area contributed by atoms with Crippen molar-refractivity contribution in [2.75, 3.05) is 0 Å². The predicted molar refractivity (Wildman–Crippen MR) is 65.6 cm³/mol. The molecule has 0 spiro atoms. The third kappa shape index (κ3) is 1.84. The molecule has 0 atom stereocenters. The van der Waals surface area contributed by atoms with Gasteiger partial charge in [-0.15, -0.1) is 0 Å². The van der Waals surface area contributed by atoms with Crippen molar-refractivity contribution >= 4 is 17.2 Å². The van der Waals surface area contributed by atoms with Crippen molar-refractivity contribution in [1.29, 1.82) is 0 Å². The van der Waals surface area contributed by atoms with Gasteiger partial charge in [-0.05, 0) is 30.3 Å². The van der Waals surface area contributed by atoms with Gasteiger partial charge in [0.05, 0.1) is 10.7 Å². The van der Waals surface area contributed by atoms with E-state index >= 15 is 0 Å². The molecule has 5 heteroatoms. The fourth-order valence-corrected chi connectivity index (χ4v) is 2.06. The van der Waals surface area contributed by atoms with Crippen molar-refractivity contribution in [3.8, 4) is 11.3 Å². The molecule has 0 bridgehead atoms. The predicted octanol–water partition coefficient (Wildman–Crippen LogP) is 3.93. The molecule has 2 aromatic heterocycles. The maximum atomic E-state index is 13.1. The van der Waals surface area contributed by atoms with Crippen LogP contribution in [0.2, 0.25) is 5.02 Å². The Hall–Kier alpha value is -1.94. The highest BCUT2D eigenvalue weighted by Gasteiger charge is 2.09. The first-order chi connectivity index (χ1) is 8.63. The van der Waals surface area contributed by atoms with Crippen molar-refractivity contribution in [2.45, 2.75) is 0 Å². The zero-order valence-corrected chi connectivity index (χ0v) is 9.83. The Balaban J connectivity index is 2.19. The zero-order valence-electron chi connectivity index (χ0n) is 9.07. The van der Waals surface area contributed by atoms with Gasteiger partial charge in [0.15, 0.2) is 0 Å². The molecule has 0 unspecified atom stereocenters. The summed E-state index contributed by atoms with van der Waals surface area (Å²) in [5.41, 5.74) is 1.79. The summed E-state index contributed by atoms with van der Waals surface area (Å²) in [6.45, 7) is 0. The summed E-state index contributed by atoms with van der Waals surface area (Å²) >= 11 is 5.96. The number of nitrogens with zero attached hydrogens (tertiary/aromatic N) is 2. The second-order valence-corrected chi connectivity index (χ2v) is 4.27. The number of rotatable bonds is 1. The van der Waals surface area contributed by atoms with Gasteiger partial charge in [0, 0.05) is 18.0 Å². The highest BCUT2D eigenvalue weighted by atomic mass is 35.5. The molecule has 0 saturated carbocycles. The van der Waals surface area contributed by atoms with Gasteiger partial charge < -0.3 is 4.40 Å². The molecule has 0 aliphatic heterocycles. The quantitative estimate of drug-likeness (QED) is 0.651. The molecule has 2 heterocycles. The maximum absolute atomic E-state index is 13.1. The van der Waals surface area contributed by atoms with Crippen LogP contribution in [0.4, 0.5) is 8.78 Å². The lowest BCUT2D eigenvalue weighted by Gasteiger charge is -1.99. The van der Waals surface area contributed by atoms with Gasteiger partial charge in [0.1, 0.15) is 17.3 Å². The smallest absolute Gasteiger partial charge is 0.139 e. The minimum absolute atomic E-state index is 0.277. The van der Waals surface area contributed by atoms with Crippen LogP contribution in [0.1, 0.15) is 0 Å². The van der Waals surface area contributed by atoms with Crippen LogP contribution < -0.4 is 0 Å². The van der Waals surface area contributed by atoms with Crippen LogP contribution in [-0.2, 0) is 0 Å². The molecular formula is C13H7ClF2N2. The largest absolute Gasteiger partial charge is 0.304 e. The molecule has 0 aliphatic rings. The van der Waals surface area contributed by atoms with E-state index in [1.165, 1.54) is 24.4 Å². The second kappa shape index (κ2) is 4.07. The van der Waals surface area contributed by atoms with Crippen molar-refractivity contribution in [1.82, 2.24) is 9.38 Å². The summed E-state index contributed by atoms with van der Waals surface area (Å²) in [5.74, 6) is -0.754. The van der Waals surface area contributed by atoms with Crippen LogP contribution in [0, 0.1) is 11.6 Å². The van der Waals surface area contributed by atoms with E-state index < -0.39 is 5.82 Å². The number of hydrogen-bond donors (Lipinski definition) is 0. The van der Waals surface area contributed by atoms with Crippen LogP contribution in [0.3, 0.4) is 0 Å². The zero-order chi connectivity index (χ0) is 12.7. The van der Waals surface area contributed by atoms with Crippen molar-refractivity contribution < 1.29 is 8.78 Å². The molecular weight excluding hydrogens is 258 g/mol. The first-order valence-corrected chi connectivity index (χ1v) is 5.61. The van der Waals surface area contributed by atoms with E-state index in [2.05, 4.69) is 4.98 Å². The number of hydrogen-bond acceptors (Lipinski definition) is 1. The average Bonchev–Trinajstić information content (AvgIpc) is 2.71. The van der Waals surface area contributed by atoms with Gasteiger partial charge >= 0.3 is 0 Å². The molecule has 3 aromatic rings. The number of fused-ring (bicyclic) bond motifs is 1. The van der Waals surface area contributed by atoms with E-state index in [9.17, 15) is 8.78 Å². The molecule has 0 amide bonds. The van der Waals surface area contributed by atoms with E-state index in [0.29, 0.717) is 16.9 Å². The Morgan fingerprint density at radius 1 is 1.00 bits per heavy atom. The Kier molecular flexibility index (Phi) is 2.52. The average molecular weight is 265 g/mol. The summed E-state index contributed by atoms with van der Waals surface area (Å²) in [4.78, 5) is 4.30. The van der Waals surface area contributed by atoms with E-state index in [0.717, 1.165) is 0 Å². The minimum Gasteiger partial charge on any atom is -0.304 e. The van der Waals surface area contributed by atoms with E-state index in [1.54, 1.807) is 22.7 Å². The number of halogens is 3. The first kappa shape index (κ1) is 11.2. The first-order valence-electron chi connectivity index (χ1n) is 5.23. The summed E-state index contributed by atoms with van der Waals surface area (Å²) in [6, 6.07) is 6.98. The lowest BCUT2D eigenvalue weighted by atomic mass is 10.2. The van der Waals surface area contributed by atoms with Gasteiger partial charge in [0.2, 0.25) is 0 Å². The third-order valence-corrected chi connectivity index (χ3v) is 2.93. The van der Waals surface area contributed by atoms with Gasteiger partial charge in [-0.25, -0.2) is 13.8 Å². The van der Waals surface area contributed by atoms with Gasteiger partial charge in [0.25, 0.3) is 0 Å². The van der Waals surface area contributed by atoms with Gasteiger partial charge in [-0.2, -0.15) is 0 Å². The molecule has 90 valence electrons. The highest BCUT2D eigenvalue weighted by Crippen LogP contribution is 2.28. The van der Waals surface area contributed by atoms with Crippen LogP contribution in [0.5, 0.6) is 0 Å². The summed E-state index contributed by atoms with van der Waals surface area (Å²) < 4.78 is 27.6. The summed E-state index contributed by atoms with van der Waals surface area (Å²) in [7, 11) is 0. The van der Waals surface area contributed by atoms with Crippen molar-refractivity contribution in [3.05, 3.63) is 59.4 Å². The van der Waals surface area contributed by atoms with Crippen LogP contribution >= 0.6 is 11.6 Å². The van der Waals surface area contributed by atoms with E-state index in [-0.39, 0.29) is 10.8 Å². The Labute approximate surface area is 106 Å². The maximum Gasteiger partial charge on any atom is 0.139 e. The number of imidazole rings is 1. The lowest BCUT2D eigenvalue weighted by Crippen LogP contribution is -1.83. The Morgan fingerprint density at radius 3 is 2.56 bits per heavy atom. The molecule has 18 heavy (non-hydrogen) atoms. The molecule has 0 fully saturated rings. The van der Waals surface area contributed by atoms with E-state index in [4.69, 9.17) is 11.6 Å². The number of pyridine rings is 1. The number of aromatic nitrogens is 2. The third-order valence-electron chi connectivity index (χ3n) is 2.62. The monoisotopic (exact) mass is 264 g/mol. The summed E-state index contributed by atoms with van der Waals surface area (Å²) in [5, 5.41) is 0.277. The molecule has 3 rings (SSSR count). The van der Waals surface area contributed by atoms with Crippen LogP contribution in [0.15, 0.2) is 42.7 Å². The van der Waals surface area contributed by atoms with Crippen molar-refractivity contribution in [2.24, 2.45) is 0 Å². The topological polar surface area (TPSA) is 17.3 Å². The highest BCUT2D eigenvalue weighted by molar-refractivity contribution is 6.33. The summed E-state index contributed by atoms with van der Waals surface area (Å²) in [6.07, 6.45) is 2.97. The molecule has 0 N–H and O–H groups in total. The fourth-order valence-electron chi connectivity index (χ4n) is 1.79.